The van der Waals surface area contributed by atoms with Crippen molar-refractivity contribution >= 4 is 43.5 Å². The van der Waals surface area contributed by atoms with E-state index in [1.54, 1.807) is 11.3 Å². The van der Waals surface area contributed by atoms with Gasteiger partial charge in [-0.1, -0.05) is 28.8 Å². The molecule has 2 aromatic rings. The number of thiazole rings is 1. The van der Waals surface area contributed by atoms with E-state index in [9.17, 15) is 9.90 Å². The first-order valence-electron chi connectivity index (χ1n) is 6.83. The second-order valence-corrected chi connectivity index (χ2v) is 7.70. The van der Waals surface area contributed by atoms with Gasteiger partial charge in [0.25, 0.3) is 0 Å². The van der Waals surface area contributed by atoms with Gasteiger partial charge in [-0.2, -0.15) is 0 Å². The molecule has 5 heteroatoms. The van der Waals surface area contributed by atoms with Gasteiger partial charge in [0.1, 0.15) is 0 Å². The molecule has 1 N–H and O–H groups in total. The van der Waals surface area contributed by atoms with Crippen molar-refractivity contribution in [1.29, 1.82) is 0 Å². The van der Waals surface area contributed by atoms with Crippen molar-refractivity contribution < 1.29 is 9.90 Å². The van der Waals surface area contributed by atoms with Crippen LogP contribution in [0.5, 0.6) is 0 Å². The second kappa shape index (κ2) is 5.45. The molecule has 0 bridgehead atoms. The zero-order valence-electron chi connectivity index (χ0n) is 11.1. The Morgan fingerprint density at radius 3 is 2.85 bits per heavy atom. The molecule has 0 unspecified atom stereocenters. The average molecular weight is 354 g/mol. The molecule has 3 rings (SSSR count). The van der Waals surface area contributed by atoms with Gasteiger partial charge in [0.05, 0.1) is 21.6 Å². The zero-order chi connectivity index (χ0) is 14.2. The van der Waals surface area contributed by atoms with E-state index in [-0.39, 0.29) is 11.8 Å². The van der Waals surface area contributed by atoms with E-state index < -0.39 is 5.97 Å². The van der Waals surface area contributed by atoms with Gasteiger partial charge in [-0.05, 0) is 36.5 Å². The molecule has 0 radical (unpaired) electrons. The summed E-state index contributed by atoms with van der Waals surface area (Å²) in [7, 11) is 0. The van der Waals surface area contributed by atoms with Crippen LogP contribution in [-0.2, 0) is 11.2 Å². The maximum absolute atomic E-state index is 11.1. The average Bonchev–Trinajstić information content (AvgIpc) is 2.94. The standard InChI is InChI=1S/C15H16BrNO2S/c16-10-3-4-11-12(7-10)20-13(17-11)8-15(9-14(18)19)5-1-2-6-15/h3-4,7H,1-2,5-6,8-9H2,(H,18,19). The third kappa shape index (κ3) is 2.88. The number of carbonyl (C=O) groups is 1. The van der Waals surface area contributed by atoms with Crippen LogP contribution in [0.1, 0.15) is 37.1 Å². The SMILES string of the molecule is O=C(O)CC1(Cc2nc3ccc(Br)cc3s2)CCCC1. The maximum Gasteiger partial charge on any atom is 0.303 e. The highest BCUT2D eigenvalue weighted by Gasteiger charge is 2.37. The van der Waals surface area contributed by atoms with Gasteiger partial charge in [-0.25, -0.2) is 4.98 Å². The third-order valence-corrected chi connectivity index (χ3v) is 5.62. The third-order valence-electron chi connectivity index (χ3n) is 4.11. The monoisotopic (exact) mass is 353 g/mol. The van der Waals surface area contributed by atoms with Crippen molar-refractivity contribution in [2.75, 3.05) is 0 Å². The van der Waals surface area contributed by atoms with E-state index in [2.05, 4.69) is 27.0 Å². The summed E-state index contributed by atoms with van der Waals surface area (Å²) < 4.78 is 2.22. The van der Waals surface area contributed by atoms with Crippen LogP contribution in [0.3, 0.4) is 0 Å². The zero-order valence-corrected chi connectivity index (χ0v) is 13.5. The predicted octanol–water partition coefficient (Wildman–Crippen LogP) is 4.64. The van der Waals surface area contributed by atoms with Gasteiger partial charge in [0, 0.05) is 10.9 Å². The number of carboxylic acid groups (broad SMARTS) is 1. The minimum Gasteiger partial charge on any atom is -0.481 e. The fourth-order valence-electron chi connectivity index (χ4n) is 3.20. The number of hydrogen-bond acceptors (Lipinski definition) is 3. The molecule has 1 aliphatic carbocycles. The smallest absolute Gasteiger partial charge is 0.303 e. The lowest BCUT2D eigenvalue weighted by Gasteiger charge is -2.25. The lowest BCUT2D eigenvalue weighted by molar-refractivity contribution is -0.139. The van der Waals surface area contributed by atoms with Crippen LogP contribution in [0.2, 0.25) is 0 Å². The largest absolute Gasteiger partial charge is 0.481 e. The molecule has 1 saturated carbocycles. The van der Waals surface area contributed by atoms with Crippen molar-refractivity contribution in [1.82, 2.24) is 4.98 Å². The maximum atomic E-state index is 11.1. The highest BCUT2D eigenvalue weighted by Crippen LogP contribution is 2.44. The van der Waals surface area contributed by atoms with Crippen molar-refractivity contribution in [2.24, 2.45) is 5.41 Å². The molecule has 1 aromatic carbocycles. The van der Waals surface area contributed by atoms with Gasteiger partial charge in [0.15, 0.2) is 0 Å². The molecule has 0 aliphatic heterocycles. The van der Waals surface area contributed by atoms with Gasteiger partial charge >= 0.3 is 5.97 Å². The lowest BCUT2D eigenvalue weighted by Crippen LogP contribution is -2.23. The van der Waals surface area contributed by atoms with Gasteiger partial charge in [-0.15, -0.1) is 11.3 Å². The Morgan fingerprint density at radius 2 is 2.15 bits per heavy atom. The number of aromatic nitrogens is 1. The molecule has 20 heavy (non-hydrogen) atoms. The highest BCUT2D eigenvalue weighted by atomic mass is 79.9. The Morgan fingerprint density at radius 1 is 1.40 bits per heavy atom. The summed E-state index contributed by atoms with van der Waals surface area (Å²) in [5, 5.41) is 10.2. The molecule has 0 atom stereocenters. The van der Waals surface area contributed by atoms with Crippen LogP contribution in [0.4, 0.5) is 0 Å². The first-order valence-corrected chi connectivity index (χ1v) is 8.44. The molecule has 106 valence electrons. The number of carboxylic acids is 1. The number of rotatable bonds is 4. The molecule has 1 heterocycles. The first kappa shape index (κ1) is 14.0. The summed E-state index contributed by atoms with van der Waals surface area (Å²) in [5.74, 6) is -0.684. The summed E-state index contributed by atoms with van der Waals surface area (Å²) in [6, 6.07) is 6.08. The van der Waals surface area contributed by atoms with Gasteiger partial charge in [-0.3, -0.25) is 4.79 Å². The molecule has 1 aromatic heterocycles. The minimum absolute atomic E-state index is 0.0725. The molecular weight excluding hydrogens is 338 g/mol. The quantitative estimate of drug-likeness (QED) is 0.870. The Labute approximate surface area is 130 Å². The highest BCUT2D eigenvalue weighted by molar-refractivity contribution is 9.10. The van der Waals surface area contributed by atoms with E-state index in [4.69, 9.17) is 0 Å². The fraction of sp³-hybridized carbons (Fsp3) is 0.467. The molecule has 3 nitrogen and oxygen atoms in total. The first-order chi connectivity index (χ1) is 9.56. The van der Waals surface area contributed by atoms with Crippen LogP contribution in [0.15, 0.2) is 22.7 Å². The Kier molecular flexibility index (Phi) is 3.82. The second-order valence-electron chi connectivity index (χ2n) is 5.67. The molecule has 1 aliphatic rings. The number of hydrogen-bond donors (Lipinski definition) is 1. The van der Waals surface area contributed by atoms with Crippen molar-refractivity contribution in [3.05, 3.63) is 27.7 Å². The summed E-state index contributed by atoms with van der Waals surface area (Å²) in [5.41, 5.74) is 0.938. The number of nitrogens with zero attached hydrogens (tertiary/aromatic N) is 1. The molecular formula is C15H16BrNO2S. The van der Waals surface area contributed by atoms with Crippen LogP contribution in [0, 0.1) is 5.41 Å². The topological polar surface area (TPSA) is 50.2 Å². The fourth-order valence-corrected chi connectivity index (χ4v) is 4.90. The van der Waals surface area contributed by atoms with Gasteiger partial charge < -0.3 is 5.11 Å². The lowest BCUT2D eigenvalue weighted by atomic mass is 9.80. The molecule has 0 spiro atoms. The van der Waals surface area contributed by atoms with E-state index >= 15 is 0 Å². The Balaban J connectivity index is 1.88. The van der Waals surface area contributed by atoms with Crippen LogP contribution in [-0.4, -0.2) is 16.1 Å². The summed E-state index contributed by atoms with van der Waals surface area (Å²) >= 11 is 5.16. The number of aliphatic carboxylic acids is 1. The Hall–Kier alpha value is -0.940. The molecule has 0 saturated heterocycles. The van der Waals surface area contributed by atoms with E-state index in [1.807, 2.05) is 12.1 Å². The van der Waals surface area contributed by atoms with Crippen LogP contribution < -0.4 is 0 Å². The van der Waals surface area contributed by atoms with Gasteiger partial charge in [0.2, 0.25) is 0 Å². The van der Waals surface area contributed by atoms with Crippen LogP contribution >= 0.6 is 27.3 Å². The van der Waals surface area contributed by atoms with Crippen molar-refractivity contribution in [2.45, 2.75) is 38.5 Å². The normalized spacial score (nSPS) is 17.6. The van der Waals surface area contributed by atoms with E-state index in [0.717, 1.165) is 51.8 Å². The van der Waals surface area contributed by atoms with E-state index in [1.165, 1.54) is 0 Å². The summed E-state index contributed by atoms with van der Waals surface area (Å²) in [6.45, 7) is 0. The number of fused-ring (bicyclic) bond motifs is 1. The molecule has 1 fully saturated rings. The van der Waals surface area contributed by atoms with E-state index in [0.29, 0.717) is 0 Å². The van der Waals surface area contributed by atoms with Crippen LogP contribution in [0.25, 0.3) is 10.2 Å². The minimum atomic E-state index is -0.684. The van der Waals surface area contributed by atoms with Crippen molar-refractivity contribution in [3.63, 3.8) is 0 Å². The van der Waals surface area contributed by atoms with Crippen molar-refractivity contribution in [3.8, 4) is 0 Å². The molecule has 0 amide bonds. The number of halogens is 1. The summed E-state index contributed by atoms with van der Waals surface area (Å²) in [6.07, 6.45) is 5.38. The number of benzene rings is 1. The summed E-state index contributed by atoms with van der Waals surface area (Å²) in [4.78, 5) is 15.8. The Bertz CT molecular complexity index is 646. The predicted molar refractivity (Wildman–Crippen MR) is 84.2 cm³/mol.